The van der Waals surface area contributed by atoms with Crippen LogP contribution >= 0.6 is 0 Å². The van der Waals surface area contributed by atoms with Gasteiger partial charge in [-0.3, -0.25) is 9.59 Å². The van der Waals surface area contributed by atoms with Gasteiger partial charge < -0.3 is 26.6 Å². The second kappa shape index (κ2) is 13.2. The molecule has 0 spiro atoms. The summed E-state index contributed by atoms with van der Waals surface area (Å²) < 4.78 is 31.7. The summed E-state index contributed by atoms with van der Waals surface area (Å²) >= 11 is 0. The average Bonchev–Trinajstić information content (AvgIpc) is 2.87. The molecule has 6 N–H and O–H groups in total. The average molecular weight is 518 g/mol. The lowest BCUT2D eigenvalue weighted by Crippen LogP contribution is -2.37. The Kier molecular flexibility index (Phi) is 10.3. The maximum atomic E-state index is 13.0. The molecule has 3 rings (SSSR count). The third kappa shape index (κ3) is 9.06. The molecule has 196 valence electrons. The molecule has 2 atom stereocenters. The van der Waals surface area contributed by atoms with Gasteiger partial charge in [0.15, 0.2) is 0 Å². The van der Waals surface area contributed by atoms with E-state index in [1.807, 2.05) is 24.3 Å². The van der Waals surface area contributed by atoms with E-state index in [2.05, 4.69) is 10.6 Å². The van der Waals surface area contributed by atoms with Gasteiger partial charge in [0.05, 0.1) is 6.10 Å². The number of aliphatic carboxylic acids is 1. The van der Waals surface area contributed by atoms with E-state index in [4.69, 9.17) is 15.6 Å². The number of alkyl halides is 3. The van der Waals surface area contributed by atoms with Crippen molar-refractivity contribution in [2.24, 2.45) is 5.73 Å². The van der Waals surface area contributed by atoms with Crippen LogP contribution in [0.1, 0.15) is 46.1 Å². The van der Waals surface area contributed by atoms with E-state index in [9.17, 15) is 27.9 Å². The largest absolute Gasteiger partial charge is 0.490 e. The molecule has 0 saturated heterocycles. The monoisotopic (exact) mass is 517 g/mol. The molecular weight excluding hydrogens is 491 g/mol. The fraction of sp³-hybridized carbons (Fsp3) is 0.192. The fourth-order valence-corrected chi connectivity index (χ4v) is 3.06. The molecule has 3 aromatic rings. The lowest BCUT2D eigenvalue weighted by molar-refractivity contribution is -0.192. The van der Waals surface area contributed by atoms with Crippen LogP contribution in [-0.2, 0) is 16.1 Å². The summed E-state index contributed by atoms with van der Waals surface area (Å²) in [6.45, 7) is 2.00. The van der Waals surface area contributed by atoms with Crippen molar-refractivity contribution in [2.45, 2.75) is 31.8 Å². The lowest BCUT2D eigenvalue weighted by atomic mass is 10.0. The number of benzene rings is 3. The molecule has 8 nitrogen and oxygen atoms in total. The van der Waals surface area contributed by atoms with Crippen molar-refractivity contribution >= 4 is 23.5 Å². The third-order valence-electron chi connectivity index (χ3n) is 5.00. The highest BCUT2D eigenvalue weighted by molar-refractivity contribution is 6.01. The van der Waals surface area contributed by atoms with Crippen LogP contribution < -0.4 is 16.4 Å². The Labute approximate surface area is 210 Å². The van der Waals surface area contributed by atoms with Gasteiger partial charge in [-0.15, -0.1) is 0 Å². The molecule has 37 heavy (non-hydrogen) atoms. The number of nitrogens with two attached hydrogens (primary N) is 1. The Morgan fingerprint density at radius 2 is 1.51 bits per heavy atom. The predicted octanol–water partition coefficient (Wildman–Crippen LogP) is 3.94. The molecule has 3 aromatic carbocycles. The molecule has 0 aliphatic carbocycles. The number of carboxylic acid groups (broad SMARTS) is 1. The maximum absolute atomic E-state index is 13.0. The normalized spacial score (nSPS) is 12.4. The Morgan fingerprint density at radius 3 is 2.03 bits per heavy atom. The number of aliphatic hydroxyl groups excluding tert-OH is 1. The highest BCUT2D eigenvalue weighted by atomic mass is 19.4. The van der Waals surface area contributed by atoms with E-state index in [0.29, 0.717) is 23.4 Å². The van der Waals surface area contributed by atoms with Gasteiger partial charge in [-0.25, -0.2) is 4.79 Å². The second-order valence-electron chi connectivity index (χ2n) is 7.81. The first-order valence-electron chi connectivity index (χ1n) is 11.0. The minimum Gasteiger partial charge on any atom is -0.475 e. The van der Waals surface area contributed by atoms with Crippen molar-refractivity contribution in [3.8, 4) is 0 Å². The van der Waals surface area contributed by atoms with Gasteiger partial charge in [0.2, 0.25) is 0 Å². The topological polar surface area (TPSA) is 142 Å². The van der Waals surface area contributed by atoms with Crippen LogP contribution in [0, 0.1) is 0 Å². The van der Waals surface area contributed by atoms with E-state index in [1.54, 1.807) is 61.5 Å². The molecule has 0 heterocycles. The van der Waals surface area contributed by atoms with Crippen LogP contribution in [0.5, 0.6) is 0 Å². The van der Waals surface area contributed by atoms with Crippen LogP contribution in [-0.4, -0.2) is 34.2 Å². The summed E-state index contributed by atoms with van der Waals surface area (Å²) in [4.78, 5) is 34.7. The van der Waals surface area contributed by atoms with E-state index in [1.165, 1.54) is 0 Å². The Balaban J connectivity index is 0.000000604. The van der Waals surface area contributed by atoms with Gasteiger partial charge in [-0.1, -0.05) is 54.6 Å². The number of amides is 2. The van der Waals surface area contributed by atoms with E-state index in [-0.39, 0.29) is 11.8 Å². The van der Waals surface area contributed by atoms with Crippen LogP contribution in [0.15, 0.2) is 78.9 Å². The molecule has 0 aliphatic heterocycles. The molecule has 0 saturated carbocycles. The lowest BCUT2D eigenvalue weighted by Gasteiger charge is -2.19. The summed E-state index contributed by atoms with van der Waals surface area (Å²) in [6.07, 6.45) is -5.67. The molecule has 2 amide bonds. The van der Waals surface area contributed by atoms with Gasteiger partial charge >= 0.3 is 12.1 Å². The minimum absolute atomic E-state index is 0.326. The molecule has 0 radical (unpaired) electrons. The Morgan fingerprint density at radius 1 is 0.919 bits per heavy atom. The van der Waals surface area contributed by atoms with Crippen molar-refractivity contribution < 1.29 is 37.8 Å². The van der Waals surface area contributed by atoms with Gasteiger partial charge in [-0.2, -0.15) is 13.2 Å². The first-order chi connectivity index (χ1) is 17.4. The molecular formula is C26H26F3N3O5. The number of nitrogens with one attached hydrogen (secondary N) is 2. The minimum atomic E-state index is -5.08. The quantitative estimate of drug-likeness (QED) is 0.321. The number of aliphatic hydroxyl groups is 1. The number of rotatable bonds is 7. The van der Waals surface area contributed by atoms with Crippen LogP contribution in [0.4, 0.5) is 18.9 Å². The fourth-order valence-electron chi connectivity index (χ4n) is 3.06. The molecule has 0 bridgehead atoms. The van der Waals surface area contributed by atoms with Crippen LogP contribution in [0.3, 0.4) is 0 Å². The number of hydrogen-bond donors (Lipinski definition) is 5. The standard InChI is InChI=1S/C24H25N3O3.C2HF3O2/c1-16(28)18-10-12-21(13-11-18)26-24(30)22(19-7-3-2-4-8-19)27-23(29)20-9-5-6-17(14-20)15-25;3-2(4,5)1(6)7/h2-14,16,22,28H,15,25H2,1H3,(H,26,30)(H,27,29);(H,6,7)/t16?,22-;/m1./s1. The number of carbonyl (C=O) groups is 3. The Hall–Kier alpha value is -4.22. The summed E-state index contributed by atoms with van der Waals surface area (Å²) in [7, 11) is 0. The first-order valence-corrected chi connectivity index (χ1v) is 11.0. The zero-order valence-electron chi connectivity index (χ0n) is 19.7. The first kappa shape index (κ1) is 29.0. The molecule has 0 aliphatic rings. The molecule has 11 heteroatoms. The van der Waals surface area contributed by atoms with Crippen molar-refractivity contribution in [1.29, 1.82) is 0 Å². The van der Waals surface area contributed by atoms with Crippen LogP contribution in [0.25, 0.3) is 0 Å². The van der Waals surface area contributed by atoms with Crippen molar-refractivity contribution in [3.05, 3.63) is 101 Å². The Bertz CT molecular complexity index is 1200. The van der Waals surface area contributed by atoms with E-state index in [0.717, 1.165) is 11.1 Å². The summed E-state index contributed by atoms with van der Waals surface area (Å²) in [5.41, 5.74) is 8.93. The van der Waals surface area contributed by atoms with Gasteiger partial charge in [0.25, 0.3) is 11.8 Å². The predicted molar refractivity (Wildman–Crippen MR) is 130 cm³/mol. The summed E-state index contributed by atoms with van der Waals surface area (Å²) in [5.74, 6) is -3.49. The number of carboxylic acids is 1. The smallest absolute Gasteiger partial charge is 0.475 e. The molecule has 0 fully saturated rings. The van der Waals surface area contributed by atoms with Crippen molar-refractivity contribution in [2.75, 3.05) is 5.32 Å². The zero-order chi connectivity index (χ0) is 27.6. The number of hydrogen-bond acceptors (Lipinski definition) is 5. The van der Waals surface area contributed by atoms with Crippen molar-refractivity contribution in [3.63, 3.8) is 0 Å². The maximum Gasteiger partial charge on any atom is 0.490 e. The van der Waals surface area contributed by atoms with Crippen molar-refractivity contribution in [1.82, 2.24) is 5.32 Å². The number of carbonyl (C=O) groups excluding carboxylic acids is 2. The highest BCUT2D eigenvalue weighted by Crippen LogP contribution is 2.20. The SMILES string of the molecule is CC(O)c1ccc(NC(=O)[C@H](NC(=O)c2cccc(CN)c2)c2ccccc2)cc1.O=C(O)C(F)(F)F. The zero-order valence-corrected chi connectivity index (χ0v) is 19.7. The number of anilines is 1. The molecule has 1 unspecified atom stereocenters. The van der Waals surface area contributed by atoms with E-state index >= 15 is 0 Å². The summed E-state index contributed by atoms with van der Waals surface area (Å²) in [5, 5.41) is 22.4. The molecule has 0 aromatic heterocycles. The van der Waals surface area contributed by atoms with Gasteiger partial charge in [0.1, 0.15) is 6.04 Å². The van der Waals surface area contributed by atoms with E-state index < -0.39 is 24.3 Å². The van der Waals surface area contributed by atoms with Gasteiger partial charge in [-0.05, 0) is 47.9 Å². The van der Waals surface area contributed by atoms with Crippen LogP contribution in [0.2, 0.25) is 0 Å². The summed E-state index contributed by atoms with van der Waals surface area (Å²) in [6, 6.07) is 22.1. The highest BCUT2D eigenvalue weighted by Gasteiger charge is 2.38. The van der Waals surface area contributed by atoms with Gasteiger partial charge in [0, 0.05) is 17.8 Å². The second-order valence-corrected chi connectivity index (χ2v) is 7.81. The third-order valence-corrected chi connectivity index (χ3v) is 5.00. The number of halogens is 3.